The fourth-order valence-electron chi connectivity index (χ4n) is 3.40. The Balaban J connectivity index is 1.70. The molecule has 0 spiro atoms. The number of halogens is 1. The summed E-state index contributed by atoms with van der Waals surface area (Å²) in [5, 5.41) is 3.47. The second-order valence-electron chi connectivity index (χ2n) is 7.78. The normalized spacial score (nSPS) is 11.2. The molecular weight excluding hydrogens is 410 g/mol. The monoisotopic (exact) mass is 437 g/mol. The molecule has 0 saturated carbocycles. The van der Waals surface area contributed by atoms with E-state index in [9.17, 15) is 9.59 Å². The molecule has 0 radical (unpaired) electrons. The van der Waals surface area contributed by atoms with Crippen molar-refractivity contribution in [2.75, 3.05) is 11.9 Å². The van der Waals surface area contributed by atoms with E-state index in [1.54, 1.807) is 18.3 Å². The van der Waals surface area contributed by atoms with Gasteiger partial charge in [0.1, 0.15) is 0 Å². The van der Waals surface area contributed by atoms with Gasteiger partial charge < -0.3 is 9.88 Å². The minimum absolute atomic E-state index is 0.159. The fraction of sp³-hybridized carbons (Fsp3) is 0.280. The number of carbonyl (C=O) groups excluding carboxylic acids is 1. The van der Waals surface area contributed by atoms with Crippen LogP contribution in [0.25, 0.3) is 0 Å². The van der Waals surface area contributed by atoms with Crippen molar-refractivity contribution >= 4 is 23.2 Å². The Morgan fingerprint density at radius 2 is 1.77 bits per heavy atom. The molecule has 5 nitrogen and oxygen atoms in total. The highest BCUT2D eigenvalue weighted by molar-refractivity contribution is 6.31. The lowest BCUT2D eigenvalue weighted by molar-refractivity contribution is 0.102. The summed E-state index contributed by atoms with van der Waals surface area (Å²) in [5.74, 6) is -0.217. The average molecular weight is 438 g/mol. The Morgan fingerprint density at radius 3 is 2.42 bits per heavy atom. The van der Waals surface area contributed by atoms with Crippen molar-refractivity contribution in [2.45, 2.75) is 39.9 Å². The van der Waals surface area contributed by atoms with E-state index in [1.165, 1.54) is 16.2 Å². The van der Waals surface area contributed by atoms with Crippen LogP contribution in [0.5, 0.6) is 0 Å². The predicted molar refractivity (Wildman–Crippen MR) is 127 cm³/mol. The largest absolute Gasteiger partial charge is 0.321 e. The molecule has 0 aliphatic rings. The van der Waals surface area contributed by atoms with Crippen LogP contribution in [0.15, 0.2) is 71.7 Å². The summed E-state index contributed by atoms with van der Waals surface area (Å²) >= 11 is 6.21. The number of rotatable bonds is 8. The van der Waals surface area contributed by atoms with Crippen LogP contribution < -0.4 is 10.9 Å². The van der Waals surface area contributed by atoms with Gasteiger partial charge in [-0.3, -0.25) is 14.5 Å². The highest BCUT2D eigenvalue weighted by Crippen LogP contribution is 2.17. The van der Waals surface area contributed by atoms with Crippen molar-refractivity contribution in [2.24, 2.45) is 0 Å². The molecule has 2 aromatic carbocycles. The lowest BCUT2D eigenvalue weighted by Gasteiger charge is -2.24. The molecule has 0 aliphatic carbocycles. The van der Waals surface area contributed by atoms with E-state index >= 15 is 0 Å². The molecule has 162 valence electrons. The number of carbonyl (C=O) groups is 1. The Labute approximate surface area is 188 Å². The summed E-state index contributed by atoms with van der Waals surface area (Å²) in [4.78, 5) is 27.3. The number of hydrogen-bond acceptors (Lipinski definition) is 3. The summed E-state index contributed by atoms with van der Waals surface area (Å²) in [7, 11) is 0. The number of benzene rings is 2. The predicted octanol–water partition coefficient (Wildman–Crippen LogP) is 5.03. The summed E-state index contributed by atoms with van der Waals surface area (Å²) in [5.41, 5.74) is 2.97. The number of aromatic nitrogens is 1. The third-order valence-corrected chi connectivity index (χ3v) is 5.65. The van der Waals surface area contributed by atoms with Crippen molar-refractivity contribution in [3.05, 3.63) is 98.9 Å². The molecule has 0 fully saturated rings. The van der Waals surface area contributed by atoms with E-state index < -0.39 is 0 Å². The molecule has 0 bridgehead atoms. The van der Waals surface area contributed by atoms with Gasteiger partial charge in [-0.15, -0.1) is 0 Å². The van der Waals surface area contributed by atoms with Gasteiger partial charge in [0.25, 0.3) is 11.5 Å². The van der Waals surface area contributed by atoms with Crippen LogP contribution in [0.4, 0.5) is 5.69 Å². The van der Waals surface area contributed by atoms with Crippen molar-refractivity contribution < 1.29 is 4.79 Å². The van der Waals surface area contributed by atoms with Crippen LogP contribution in [-0.2, 0) is 13.1 Å². The molecule has 1 heterocycles. The Kier molecular flexibility index (Phi) is 7.66. The Bertz CT molecular complexity index is 1090. The lowest BCUT2D eigenvalue weighted by atomic mass is 10.1. The zero-order valence-electron chi connectivity index (χ0n) is 18.1. The van der Waals surface area contributed by atoms with Crippen LogP contribution in [-0.4, -0.2) is 28.0 Å². The molecule has 0 saturated heterocycles. The number of amides is 1. The minimum atomic E-state index is -0.217. The van der Waals surface area contributed by atoms with Crippen molar-refractivity contribution in [1.82, 2.24) is 9.47 Å². The summed E-state index contributed by atoms with van der Waals surface area (Å²) < 4.78 is 1.53. The highest BCUT2D eigenvalue weighted by Gasteiger charge is 2.11. The minimum Gasteiger partial charge on any atom is -0.321 e. The van der Waals surface area contributed by atoms with Crippen LogP contribution in [0, 0.1) is 0 Å². The first-order chi connectivity index (χ1) is 14.9. The molecule has 1 amide bonds. The van der Waals surface area contributed by atoms with E-state index in [0.717, 1.165) is 18.7 Å². The van der Waals surface area contributed by atoms with E-state index in [4.69, 9.17) is 11.6 Å². The molecular formula is C25H28ClN3O2. The van der Waals surface area contributed by atoms with E-state index in [2.05, 4.69) is 31.0 Å². The number of nitrogens with zero attached hydrogens (tertiary/aromatic N) is 2. The van der Waals surface area contributed by atoms with Gasteiger partial charge in [0.05, 0.1) is 12.2 Å². The molecule has 1 aromatic heterocycles. The van der Waals surface area contributed by atoms with Crippen molar-refractivity contribution in [1.29, 1.82) is 0 Å². The molecule has 6 heteroatoms. The first-order valence-electron chi connectivity index (χ1n) is 10.5. The topological polar surface area (TPSA) is 54.3 Å². The fourth-order valence-corrected chi connectivity index (χ4v) is 3.59. The summed E-state index contributed by atoms with van der Waals surface area (Å²) in [6.45, 7) is 8.66. The van der Waals surface area contributed by atoms with Crippen molar-refractivity contribution in [3.8, 4) is 0 Å². The smallest absolute Gasteiger partial charge is 0.255 e. The SMILES string of the molecule is CCN(Cc1ccc(C(=O)Nc2ccc(=O)n(Cc3ccccc3Cl)c2)cc1)C(C)C. The maximum atomic E-state index is 12.7. The first-order valence-corrected chi connectivity index (χ1v) is 10.8. The Morgan fingerprint density at radius 1 is 1.06 bits per heavy atom. The van der Waals surface area contributed by atoms with Crippen LogP contribution in [0.3, 0.4) is 0 Å². The summed E-state index contributed by atoms with van der Waals surface area (Å²) in [6, 6.07) is 18.5. The van der Waals surface area contributed by atoms with Gasteiger partial charge in [-0.1, -0.05) is 48.9 Å². The molecule has 3 rings (SSSR count). The van der Waals surface area contributed by atoms with Crippen LogP contribution in [0.1, 0.15) is 42.3 Å². The van der Waals surface area contributed by atoms with Crippen LogP contribution in [0.2, 0.25) is 5.02 Å². The van der Waals surface area contributed by atoms with Gasteiger partial charge in [-0.05, 0) is 55.8 Å². The van der Waals surface area contributed by atoms with Gasteiger partial charge in [-0.25, -0.2) is 0 Å². The van der Waals surface area contributed by atoms with E-state index in [1.807, 2.05) is 42.5 Å². The number of hydrogen-bond donors (Lipinski definition) is 1. The van der Waals surface area contributed by atoms with Gasteiger partial charge >= 0.3 is 0 Å². The molecule has 0 aliphatic heterocycles. The molecule has 0 unspecified atom stereocenters. The molecule has 31 heavy (non-hydrogen) atoms. The standard InChI is InChI=1S/C25H28ClN3O2/c1-4-28(18(2)3)15-19-9-11-20(12-10-19)25(31)27-22-13-14-24(30)29(17-22)16-21-7-5-6-8-23(21)26/h5-14,17-18H,4,15-16H2,1-3H3,(H,27,31). The van der Waals surface area contributed by atoms with Gasteiger partial charge in [0.15, 0.2) is 0 Å². The first kappa shape index (κ1) is 22.8. The lowest BCUT2D eigenvalue weighted by Crippen LogP contribution is -2.29. The second-order valence-corrected chi connectivity index (χ2v) is 8.19. The third kappa shape index (κ3) is 6.06. The van der Waals surface area contributed by atoms with Gasteiger partial charge in [0, 0.05) is 35.4 Å². The summed E-state index contributed by atoms with van der Waals surface area (Å²) in [6.07, 6.45) is 1.64. The van der Waals surface area contributed by atoms with Crippen LogP contribution >= 0.6 is 11.6 Å². The number of anilines is 1. The molecule has 0 atom stereocenters. The molecule has 3 aromatic rings. The van der Waals surface area contributed by atoms with E-state index in [0.29, 0.717) is 28.9 Å². The van der Waals surface area contributed by atoms with Gasteiger partial charge in [0.2, 0.25) is 0 Å². The second kappa shape index (κ2) is 10.4. The third-order valence-electron chi connectivity index (χ3n) is 5.28. The Hall–Kier alpha value is -2.89. The quantitative estimate of drug-likeness (QED) is 0.537. The number of pyridine rings is 1. The average Bonchev–Trinajstić information content (AvgIpc) is 2.76. The van der Waals surface area contributed by atoms with Gasteiger partial charge in [-0.2, -0.15) is 0 Å². The highest BCUT2D eigenvalue weighted by atomic mass is 35.5. The van der Waals surface area contributed by atoms with E-state index in [-0.39, 0.29) is 11.5 Å². The zero-order valence-corrected chi connectivity index (χ0v) is 18.9. The number of nitrogens with one attached hydrogen (secondary N) is 1. The van der Waals surface area contributed by atoms with Crippen molar-refractivity contribution in [3.63, 3.8) is 0 Å². The molecule has 1 N–H and O–H groups in total. The maximum Gasteiger partial charge on any atom is 0.255 e. The zero-order chi connectivity index (χ0) is 22.4. The maximum absolute atomic E-state index is 12.7.